The number of piperidine rings is 1. The molecule has 0 aliphatic carbocycles. The lowest BCUT2D eigenvalue weighted by Gasteiger charge is -2.32. The summed E-state index contributed by atoms with van der Waals surface area (Å²) in [7, 11) is 1.36. The minimum Gasteiger partial charge on any atom is -0.468 e. The van der Waals surface area contributed by atoms with Crippen LogP contribution < -0.4 is 0 Å². The number of ether oxygens (including phenoxy) is 1. The number of Topliss-reactive ketones (excluding diaryl/α,β-unsaturated/α-hetero) is 1. The first-order valence-electron chi connectivity index (χ1n) is 6.21. The number of hydrogen-bond donors (Lipinski definition) is 0. The maximum atomic E-state index is 12.0. The van der Waals surface area contributed by atoms with Crippen molar-refractivity contribution in [3.63, 3.8) is 0 Å². The summed E-state index contributed by atoms with van der Waals surface area (Å²) in [6.07, 6.45) is 0.940. The second-order valence-corrected chi connectivity index (χ2v) is 4.93. The number of ketones is 1. The molecule has 1 aromatic rings. The van der Waals surface area contributed by atoms with Crippen LogP contribution in [0.3, 0.4) is 0 Å². The van der Waals surface area contributed by atoms with Gasteiger partial charge in [-0.25, -0.2) is 4.79 Å². The molecule has 0 bridgehead atoms. The molecule has 1 heterocycles. The van der Waals surface area contributed by atoms with Gasteiger partial charge in [-0.05, 0) is 11.6 Å². The quantitative estimate of drug-likeness (QED) is 0.797. The van der Waals surface area contributed by atoms with Crippen LogP contribution in [0.4, 0.5) is 0 Å². The number of carbonyl (C=O) groups excluding carboxylic acids is 2. The van der Waals surface area contributed by atoms with Crippen molar-refractivity contribution in [2.75, 3.05) is 20.2 Å². The van der Waals surface area contributed by atoms with Crippen LogP contribution in [-0.2, 0) is 14.3 Å². The monoisotopic (exact) mass is 281 g/mol. The van der Waals surface area contributed by atoms with Crippen molar-refractivity contribution >= 4 is 23.4 Å². The third kappa shape index (κ3) is 3.14. The molecule has 0 radical (unpaired) electrons. The molecule has 102 valence electrons. The minimum atomic E-state index is -0.535. The molecular weight excluding hydrogens is 266 g/mol. The van der Waals surface area contributed by atoms with Gasteiger partial charge < -0.3 is 4.74 Å². The minimum absolute atomic E-state index is 0.235. The molecule has 1 unspecified atom stereocenters. The summed E-state index contributed by atoms with van der Waals surface area (Å²) in [5, 5.41) is 0.537. The number of esters is 1. The highest BCUT2D eigenvalue weighted by Crippen LogP contribution is 2.30. The lowest BCUT2D eigenvalue weighted by Crippen LogP contribution is -2.40. The number of rotatable bonds is 3. The van der Waals surface area contributed by atoms with Gasteiger partial charge in [0.1, 0.15) is 11.8 Å². The van der Waals surface area contributed by atoms with Crippen LogP contribution in [0.25, 0.3) is 0 Å². The fourth-order valence-corrected chi connectivity index (χ4v) is 2.55. The first-order chi connectivity index (χ1) is 9.13. The standard InChI is InChI=1S/C14H16ClNO3/c1-19-14(18)13(11-4-2-3-5-12(11)15)16-8-6-10(17)7-9-16/h2-5,13H,6-9H2,1H3. The van der Waals surface area contributed by atoms with E-state index in [1.165, 1.54) is 7.11 Å². The molecule has 1 aliphatic rings. The van der Waals surface area contributed by atoms with Crippen molar-refractivity contribution in [1.29, 1.82) is 0 Å². The molecule has 2 rings (SSSR count). The number of nitrogens with zero attached hydrogens (tertiary/aromatic N) is 1. The fourth-order valence-electron chi connectivity index (χ4n) is 2.31. The maximum absolute atomic E-state index is 12.0. The molecule has 0 N–H and O–H groups in total. The molecule has 19 heavy (non-hydrogen) atoms. The SMILES string of the molecule is COC(=O)C(c1ccccc1Cl)N1CCC(=O)CC1. The number of halogens is 1. The predicted molar refractivity (Wildman–Crippen MR) is 72.0 cm³/mol. The number of likely N-dealkylation sites (tertiary alicyclic amines) is 1. The van der Waals surface area contributed by atoms with E-state index >= 15 is 0 Å². The number of hydrogen-bond acceptors (Lipinski definition) is 4. The summed E-state index contributed by atoms with van der Waals surface area (Å²) >= 11 is 6.17. The van der Waals surface area contributed by atoms with Gasteiger partial charge in [-0.15, -0.1) is 0 Å². The van der Waals surface area contributed by atoms with Gasteiger partial charge in [-0.1, -0.05) is 29.8 Å². The van der Waals surface area contributed by atoms with Gasteiger partial charge in [0.25, 0.3) is 0 Å². The molecule has 1 aliphatic heterocycles. The Kier molecular flexibility index (Phi) is 4.56. The van der Waals surface area contributed by atoms with Gasteiger partial charge in [0.2, 0.25) is 0 Å². The molecule has 4 nitrogen and oxygen atoms in total. The van der Waals surface area contributed by atoms with E-state index in [1.54, 1.807) is 6.07 Å². The topological polar surface area (TPSA) is 46.6 Å². The predicted octanol–water partition coefficient (Wildman–Crippen LogP) is 2.22. The molecule has 1 fully saturated rings. The fraction of sp³-hybridized carbons (Fsp3) is 0.429. The van der Waals surface area contributed by atoms with Gasteiger partial charge in [0.05, 0.1) is 7.11 Å². The van der Waals surface area contributed by atoms with Gasteiger partial charge >= 0.3 is 5.97 Å². The highest BCUT2D eigenvalue weighted by Gasteiger charge is 2.32. The van der Waals surface area contributed by atoms with E-state index in [0.29, 0.717) is 31.0 Å². The summed E-state index contributed by atoms with van der Waals surface area (Å²) < 4.78 is 4.88. The zero-order valence-corrected chi connectivity index (χ0v) is 11.5. The summed E-state index contributed by atoms with van der Waals surface area (Å²) in [6, 6.07) is 6.70. The van der Waals surface area contributed by atoms with E-state index in [0.717, 1.165) is 5.56 Å². The summed E-state index contributed by atoms with van der Waals surface area (Å²) in [4.78, 5) is 25.3. The number of methoxy groups -OCH3 is 1. The zero-order chi connectivity index (χ0) is 13.8. The molecule has 1 atom stereocenters. The second kappa shape index (κ2) is 6.17. The Balaban J connectivity index is 2.29. The van der Waals surface area contributed by atoms with Crippen LogP contribution in [0.5, 0.6) is 0 Å². The van der Waals surface area contributed by atoms with Crippen molar-refractivity contribution in [2.45, 2.75) is 18.9 Å². The van der Waals surface area contributed by atoms with Crippen molar-refractivity contribution < 1.29 is 14.3 Å². The van der Waals surface area contributed by atoms with E-state index in [4.69, 9.17) is 16.3 Å². The Hall–Kier alpha value is -1.39. The van der Waals surface area contributed by atoms with Gasteiger partial charge in [-0.3, -0.25) is 9.69 Å². The van der Waals surface area contributed by atoms with Crippen molar-refractivity contribution in [1.82, 2.24) is 4.90 Å². The molecule has 5 heteroatoms. The van der Waals surface area contributed by atoms with E-state index < -0.39 is 6.04 Å². The average molecular weight is 282 g/mol. The van der Waals surface area contributed by atoms with Gasteiger partial charge in [0.15, 0.2) is 0 Å². The van der Waals surface area contributed by atoms with Crippen LogP contribution in [0, 0.1) is 0 Å². The van der Waals surface area contributed by atoms with Crippen LogP contribution >= 0.6 is 11.6 Å². The van der Waals surface area contributed by atoms with E-state index in [9.17, 15) is 9.59 Å². The Morgan fingerprint density at radius 3 is 2.53 bits per heavy atom. The molecule has 0 spiro atoms. The van der Waals surface area contributed by atoms with E-state index in [2.05, 4.69) is 0 Å². The van der Waals surface area contributed by atoms with E-state index in [-0.39, 0.29) is 11.8 Å². The number of benzene rings is 1. The lowest BCUT2D eigenvalue weighted by atomic mass is 10.0. The Morgan fingerprint density at radius 2 is 1.95 bits per heavy atom. The van der Waals surface area contributed by atoms with Gasteiger partial charge in [-0.2, -0.15) is 0 Å². The average Bonchev–Trinajstić information content (AvgIpc) is 2.43. The summed E-state index contributed by atoms with van der Waals surface area (Å²) in [6.45, 7) is 1.12. The molecular formula is C14H16ClNO3. The molecule has 0 amide bonds. The number of carbonyl (C=O) groups is 2. The molecule has 1 aromatic carbocycles. The van der Waals surface area contributed by atoms with Crippen LogP contribution in [0.1, 0.15) is 24.4 Å². The molecule has 0 aromatic heterocycles. The molecule has 0 saturated carbocycles. The largest absolute Gasteiger partial charge is 0.468 e. The van der Waals surface area contributed by atoms with Crippen molar-refractivity contribution in [3.8, 4) is 0 Å². The zero-order valence-electron chi connectivity index (χ0n) is 10.8. The van der Waals surface area contributed by atoms with E-state index in [1.807, 2.05) is 23.1 Å². The second-order valence-electron chi connectivity index (χ2n) is 4.52. The summed E-state index contributed by atoms with van der Waals surface area (Å²) in [5.41, 5.74) is 0.727. The first kappa shape index (κ1) is 14.0. The first-order valence-corrected chi connectivity index (χ1v) is 6.59. The maximum Gasteiger partial charge on any atom is 0.327 e. The highest BCUT2D eigenvalue weighted by molar-refractivity contribution is 6.31. The van der Waals surface area contributed by atoms with Crippen LogP contribution in [0.2, 0.25) is 5.02 Å². The van der Waals surface area contributed by atoms with Crippen molar-refractivity contribution in [2.24, 2.45) is 0 Å². The summed E-state index contributed by atoms with van der Waals surface area (Å²) in [5.74, 6) is -0.110. The smallest absolute Gasteiger partial charge is 0.327 e. The Morgan fingerprint density at radius 1 is 1.32 bits per heavy atom. The lowest BCUT2D eigenvalue weighted by molar-refractivity contribution is -0.148. The third-order valence-electron chi connectivity index (χ3n) is 3.35. The molecule has 1 saturated heterocycles. The van der Waals surface area contributed by atoms with Crippen LogP contribution in [-0.4, -0.2) is 36.9 Å². The Labute approximate surface area is 117 Å². The van der Waals surface area contributed by atoms with Crippen molar-refractivity contribution in [3.05, 3.63) is 34.9 Å². The highest BCUT2D eigenvalue weighted by atomic mass is 35.5. The Bertz CT molecular complexity index is 479. The third-order valence-corrected chi connectivity index (χ3v) is 3.69. The van der Waals surface area contributed by atoms with Crippen LogP contribution in [0.15, 0.2) is 24.3 Å². The van der Waals surface area contributed by atoms with Gasteiger partial charge in [0, 0.05) is 31.0 Å². The normalized spacial score (nSPS) is 18.1.